The number of fused-ring (bicyclic) bond motifs is 1. The highest BCUT2D eigenvalue weighted by Gasteiger charge is 2.12. The summed E-state index contributed by atoms with van der Waals surface area (Å²) < 4.78 is 27.3. The van der Waals surface area contributed by atoms with Crippen LogP contribution in [0.25, 0.3) is 11.0 Å². The summed E-state index contributed by atoms with van der Waals surface area (Å²) in [6, 6.07) is 8.69. The van der Waals surface area contributed by atoms with Crippen molar-refractivity contribution in [2.75, 3.05) is 5.32 Å². The van der Waals surface area contributed by atoms with Gasteiger partial charge in [-0.15, -0.1) is 0 Å². The number of rotatable bonds is 3. The average molecular weight is 331 g/mol. The van der Waals surface area contributed by atoms with Crippen molar-refractivity contribution in [3.05, 3.63) is 74.8 Å². The molecule has 0 bridgehead atoms. The number of hydrogen-bond acceptors (Lipinski definition) is 3. The van der Waals surface area contributed by atoms with E-state index in [0.29, 0.717) is 0 Å². The zero-order valence-corrected chi connectivity index (χ0v) is 12.2. The molecular weight excluding hydrogens is 320 g/mol. The topological polar surface area (TPSA) is 84.0 Å². The van der Waals surface area contributed by atoms with E-state index in [0.717, 1.165) is 22.8 Å². The molecule has 0 aliphatic rings. The number of aromatic amines is 1. The molecule has 1 aromatic heterocycles. The molecule has 6 nitrogen and oxygen atoms in total. The number of carbonyl (C=O) groups is 1. The Bertz CT molecular complexity index is 1060. The lowest BCUT2D eigenvalue weighted by atomic mass is 10.2. The quantitative estimate of drug-likeness (QED) is 0.715. The Morgan fingerprint density at radius 2 is 1.83 bits per heavy atom. The first kappa shape index (κ1) is 15.6. The highest BCUT2D eigenvalue weighted by molar-refractivity contribution is 5.91. The van der Waals surface area contributed by atoms with Gasteiger partial charge in [-0.2, -0.15) is 0 Å². The van der Waals surface area contributed by atoms with E-state index in [4.69, 9.17) is 0 Å². The van der Waals surface area contributed by atoms with Gasteiger partial charge in [-0.1, -0.05) is 6.07 Å². The molecule has 0 aliphatic carbocycles. The summed E-state index contributed by atoms with van der Waals surface area (Å²) in [7, 11) is 0. The van der Waals surface area contributed by atoms with E-state index in [9.17, 15) is 23.2 Å². The van der Waals surface area contributed by atoms with Crippen molar-refractivity contribution in [2.24, 2.45) is 0 Å². The van der Waals surface area contributed by atoms with Crippen molar-refractivity contribution >= 4 is 22.6 Å². The second-order valence-electron chi connectivity index (χ2n) is 5.07. The van der Waals surface area contributed by atoms with Crippen molar-refractivity contribution in [3.63, 3.8) is 0 Å². The monoisotopic (exact) mass is 331 g/mol. The fourth-order valence-corrected chi connectivity index (χ4v) is 2.32. The number of nitrogens with zero attached hydrogens (tertiary/aromatic N) is 1. The third-order valence-electron chi connectivity index (χ3n) is 3.35. The van der Waals surface area contributed by atoms with Gasteiger partial charge in [0.1, 0.15) is 18.2 Å². The van der Waals surface area contributed by atoms with Crippen LogP contribution in [0, 0.1) is 11.6 Å². The Labute approximate surface area is 133 Å². The van der Waals surface area contributed by atoms with Gasteiger partial charge in [-0.05, 0) is 36.4 Å². The summed E-state index contributed by atoms with van der Waals surface area (Å²) >= 11 is 0. The maximum Gasteiger partial charge on any atom is 0.317 e. The molecule has 0 fully saturated rings. The van der Waals surface area contributed by atoms with Crippen LogP contribution in [0.5, 0.6) is 0 Å². The minimum atomic E-state index is -0.966. The van der Waals surface area contributed by atoms with Crippen LogP contribution >= 0.6 is 0 Å². The summed E-state index contributed by atoms with van der Waals surface area (Å²) in [6.45, 7) is -0.471. The second kappa shape index (κ2) is 6.07. The van der Waals surface area contributed by atoms with Gasteiger partial charge >= 0.3 is 11.1 Å². The van der Waals surface area contributed by atoms with E-state index in [2.05, 4.69) is 10.3 Å². The summed E-state index contributed by atoms with van der Waals surface area (Å²) in [5.41, 5.74) is -1.39. The van der Waals surface area contributed by atoms with Gasteiger partial charge in [0, 0.05) is 5.69 Å². The van der Waals surface area contributed by atoms with Crippen LogP contribution in [0.15, 0.2) is 52.1 Å². The van der Waals surface area contributed by atoms with Gasteiger partial charge in [0.2, 0.25) is 5.91 Å². The first-order chi connectivity index (χ1) is 11.4. The van der Waals surface area contributed by atoms with E-state index in [1.54, 1.807) is 0 Å². The third kappa shape index (κ3) is 3.07. The van der Waals surface area contributed by atoms with Gasteiger partial charge in [0.25, 0.3) is 0 Å². The van der Waals surface area contributed by atoms with Gasteiger partial charge in [0.05, 0.1) is 11.0 Å². The Kier molecular flexibility index (Phi) is 3.95. The zero-order chi connectivity index (χ0) is 17.3. The fraction of sp³-hybridized carbons (Fsp3) is 0.0625. The maximum absolute atomic E-state index is 13.3. The van der Waals surface area contributed by atoms with Crippen LogP contribution in [-0.2, 0) is 11.3 Å². The number of hydrogen-bond donors (Lipinski definition) is 2. The van der Waals surface area contributed by atoms with Gasteiger partial charge in [-0.3, -0.25) is 19.0 Å². The van der Waals surface area contributed by atoms with Crippen LogP contribution in [0.4, 0.5) is 14.5 Å². The van der Waals surface area contributed by atoms with Crippen molar-refractivity contribution in [3.8, 4) is 0 Å². The van der Waals surface area contributed by atoms with Crippen LogP contribution in [0.3, 0.4) is 0 Å². The smallest absolute Gasteiger partial charge is 0.317 e. The number of halogens is 2. The lowest BCUT2D eigenvalue weighted by Gasteiger charge is -2.10. The molecular formula is C16H11F2N3O3. The van der Waals surface area contributed by atoms with Crippen LogP contribution < -0.4 is 16.4 Å². The van der Waals surface area contributed by atoms with Gasteiger partial charge in [0.15, 0.2) is 0 Å². The average Bonchev–Trinajstić information content (AvgIpc) is 2.51. The maximum atomic E-state index is 13.3. The molecule has 0 radical (unpaired) electrons. The lowest BCUT2D eigenvalue weighted by molar-refractivity contribution is -0.116. The van der Waals surface area contributed by atoms with Crippen LogP contribution in [-0.4, -0.2) is 15.5 Å². The molecule has 122 valence electrons. The lowest BCUT2D eigenvalue weighted by Crippen LogP contribution is -2.38. The molecule has 0 atom stereocenters. The van der Waals surface area contributed by atoms with E-state index in [1.165, 1.54) is 24.3 Å². The number of H-pyrrole nitrogens is 1. The SMILES string of the molecule is O=C(Cn1c(=O)c(=O)[nH]c2cc(F)ccc21)Nc1cccc(F)c1. The van der Waals surface area contributed by atoms with Gasteiger partial charge in [-0.25, -0.2) is 8.78 Å². The standard InChI is InChI=1S/C16H11F2N3O3/c17-9-2-1-3-11(6-9)19-14(22)8-21-13-5-4-10(18)7-12(13)20-15(23)16(21)24/h1-7H,8H2,(H,19,22)(H,20,23). The minimum absolute atomic E-state index is 0.0955. The van der Waals surface area contributed by atoms with Crippen molar-refractivity contribution in [1.82, 2.24) is 9.55 Å². The molecule has 0 aliphatic heterocycles. The highest BCUT2D eigenvalue weighted by Crippen LogP contribution is 2.12. The van der Waals surface area contributed by atoms with Crippen molar-refractivity contribution in [2.45, 2.75) is 6.54 Å². The predicted molar refractivity (Wildman–Crippen MR) is 83.8 cm³/mol. The first-order valence-electron chi connectivity index (χ1n) is 6.92. The third-order valence-corrected chi connectivity index (χ3v) is 3.35. The molecule has 3 aromatic rings. The minimum Gasteiger partial charge on any atom is -0.324 e. The molecule has 2 aromatic carbocycles. The number of benzene rings is 2. The molecule has 1 amide bonds. The molecule has 0 saturated carbocycles. The van der Waals surface area contributed by atoms with E-state index >= 15 is 0 Å². The summed E-state index contributed by atoms with van der Waals surface area (Å²) in [5.74, 6) is -1.74. The molecule has 2 N–H and O–H groups in total. The molecule has 24 heavy (non-hydrogen) atoms. The summed E-state index contributed by atoms with van der Waals surface area (Å²) in [5, 5.41) is 2.43. The van der Waals surface area contributed by atoms with E-state index in [1.807, 2.05) is 0 Å². The van der Waals surface area contributed by atoms with Crippen molar-refractivity contribution < 1.29 is 13.6 Å². The molecule has 8 heteroatoms. The summed E-state index contributed by atoms with van der Waals surface area (Å²) in [6.07, 6.45) is 0. The van der Waals surface area contributed by atoms with Gasteiger partial charge < -0.3 is 10.3 Å². The van der Waals surface area contributed by atoms with E-state index < -0.39 is 35.2 Å². The Hall–Kier alpha value is -3.29. The Morgan fingerprint density at radius 1 is 1.08 bits per heavy atom. The molecule has 0 spiro atoms. The Morgan fingerprint density at radius 3 is 2.58 bits per heavy atom. The number of anilines is 1. The largest absolute Gasteiger partial charge is 0.324 e. The normalized spacial score (nSPS) is 10.8. The fourth-order valence-electron chi connectivity index (χ4n) is 2.32. The first-order valence-corrected chi connectivity index (χ1v) is 6.92. The number of carbonyl (C=O) groups excluding carboxylic acids is 1. The summed E-state index contributed by atoms with van der Waals surface area (Å²) in [4.78, 5) is 38.0. The second-order valence-corrected chi connectivity index (χ2v) is 5.07. The molecule has 0 unspecified atom stereocenters. The van der Waals surface area contributed by atoms with Crippen LogP contribution in [0.1, 0.15) is 0 Å². The van der Waals surface area contributed by atoms with Crippen LogP contribution in [0.2, 0.25) is 0 Å². The molecule has 3 rings (SSSR count). The number of amides is 1. The molecule has 1 heterocycles. The Balaban J connectivity index is 1.97. The molecule has 0 saturated heterocycles. The van der Waals surface area contributed by atoms with Crippen molar-refractivity contribution in [1.29, 1.82) is 0 Å². The number of aromatic nitrogens is 2. The van der Waals surface area contributed by atoms with E-state index in [-0.39, 0.29) is 16.7 Å². The number of nitrogens with one attached hydrogen (secondary N) is 2. The highest BCUT2D eigenvalue weighted by atomic mass is 19.1. The predicted octanol–water partition coefficient (Wildman–Crippen LogP) is 1.61. The zero-order valence-electron chi connectivity index (χ0n) is 12.2.